The Labute approximate surface area is 162 Å². The van der Waals surface area contributed by atoms with Crippen LogP contribution < -0.4 is 10.6 Å². The molecule has 1 unspecified atom stereocenters. The lowest BCUT2D eigenvalue weighted by Gasteiger charge is -2.29. The SMILES string of the molecule is COC(C)(CNC(=O)C(=O)Nc1ccc(C)c(Cl)c1)c1cccc(Cl)c1. The number of nitrogens with one attached hydrogen (secondary N) is 2. The summed E-state index contributed by atoms with van der Waals surface area (Å²) in [5, 5.41) is 6.17. The van der Waals surface area contributed by atoms with Crippen LogP contribution in [0, 0.1) is 6.92 Å². The summed E-state index contributed by atoms with van der Waals surface area (Å²) >= 11 is 12.0. The number of carbonyl (C=O) groups is 2. The predicted molar refractivity (Wildman–Crippen MR) is 104 cm³/mol. The molecule has 0 aliphatic rings. The third-order valence-corrected chi connectivity index (χ3v) is 4.75. The number of anilines is 1. The number of hydrogen-bond acceptors (Lipinski definition) is 3. The zero-order valence-corrected chi connectivity index (χ0v) is 16.2. The molecule has 0 radical (unpaired) electrons. The first-order valence-corrected chi connectivity index (χ1v) is 8.67. The van der Waals surface area contributed by atoms with Gasteiger partial charge < -0.3 is 15.4 Å². The van der Waals surface area contributed by atoms with Crippen molar-refractivity contribution in [3.8, 4) is 0 Å². The molecule has 1 atom stereocenters. The minimum atomic E-state index is -0.825. The maximum atomic E-state index is 12.1. The molecule has 2 rings (SSSR count). The number of ether oxygens (including phenoxy) is 1. The average Bonchev–Trinajstić information content (AvgIpc) is 2.62. The van der Waals surface area contributed by atoms with Gasteiger partial charge in [-0.25, -0.2) is 0 Å². The van der Waals surface area contributed by atoms with Crippen molar-refractivity contribution >= 4 is 40.7 Å². The van der Waals surface area contributed by atoms with E-state index >= 15 is 0 Å². The van der Waals surface area contributed by atoms with E-state index in [9.17, 15) is 9.59 Å². The first-order valence-electron chi connectivity index (χ1n) is 7.92. The summed E-state index contributed by atoms with van der Waals surface area (Å²) in [7, 11) is 1.53. The van der Waals surface area contributed by atoms with Crippen LogP contribution in [-0.2, 0) is 19.9 Å². The van der Waals surface area contributed by atoms with Crippen molar-refractivity contribution in [2.45, 2.75) is 19.4 Å². The highest BCUT2D eigenvalue weighted by atomic mass is 35.5. The van der Waals surface area contributed by atoms with Gasteiger partial charge in [0.15, 0.2) is 0 Å². The number of aryl methyl sites for hydroxylation is 1. The summed E-state index contributed by atoms with van der Waals surface area (Å²) in [6.07, 6.45) is 0. The molecule has 0 aliphatic heterocycles. The molecule has 5 nitrogen and oxygen atoms in total. The standard InChI is InChI=1S/C19H20Cl2N2O3/c1-12-7-8-15(10-16(12)21)23-18(25)17(24)22-11-19(2,26-3)13-5-4-6-14(20)9-13/h4-10H,11H2,1-3H3,(H,22,24)(H,23,25). The third kappa shape index (κ3) is 4.97. The Morgan fingerprint density at radius 1 is 1.12 bits per heavy atom. The lowest BCUT2D eigenvalue weighted by atomic mass is 9.95. The molecule has 0 spiro atoms. The number of halogens is 2. The molecule has 0 saturated heterocycles. The molecule has 0 aromatic heterocycles. The summed E-state index contributed by atoms with van der Waals surface area (Å²) in [6, 6.07) is 12.2. The van der Waals surface area contributed by atoms with Gasteiger partial charge in [-0.2, -0.15) is 0 Å². The van der Waals surface area contributed by atoms with E-state index < -0.39 is 17.4 Å². The molecular weight excluding hydrogens is 375 g/mol. The largest absolute Gasteiger partial charge is 0.372 e. The van der Waals surface area contributed by atoms with Crippen LogP contribution in [0.15, 0.2) is 42.5 Å². The predicted octanol–water partition coefficient (Wildman–Crippen LogP) is 3.92. The van der Waals surface area contributed by atoms with E-state index in [0.717, 1.165) is 11.1 Å². The van der Waals surface area contributed by atoms with Gasteiger partial charge in [0.05, 0.1) is 6.54 Å². The van der Waals surface area contributed by atoms with E-state index in [1.165, 1.54) is 7.11 Å². The quantitative estimate of drug-likeness (QED) is 0.755. The van der Waals surface area contributed by atoms with Gasteiger partial charge in [-0.05, 0) is 49.2 Å². The molecule has 2 amide bonds. The van der Waals surface area contributed by atoms with Crippen LogP contribution in [-0.4, -0.2) is 25.5 Å². The Balaban J connectivity index is 2.01. The van der Waals surface area contributed by atoms with Gasteiger partial charge in [0.25, 0.3) is 0 Å². The van der Waals surface area contributed by atoms with E-state index in [1.807, 2.05) is 13.0 Å². The van der Waals surface area contributed by atoms with Crippen molar-refractivity contribution in [2.24, 2.45) is 0 Å². The molecule has 0 aliphatic carbocycles. The summed E-state index contributed by atoms with van der Waals surface area (Å²) in [5.74, 6) is -1.55. The lowest BCUT2D eigenvalue weighted by molar-refractivity contribution is -0.137. The highest BCUT2D eigenvalue weighted by Crippen LogP contribution is 2.26. The minimum absolute atomic E-state index is 0.102. The Bertz CT molecular complexity index is 826. The van der Waals surface area contributed by atoms with Crippen LogP contribution in [0.5, 0.6) is 0 Å². The summed E-state index contributed by atoms with van der Waals surface area (Å²) in [6.45, 7) is 3.75. The Morgan fingerprint density at radius 2 is 1.85 bits per heavy atom. The van der Waals surface area contributed by atoms with Crippen LogP contribution in [0.1, 0.15) is 18.1 Å². The number of hydrogen-bond donors (Lipinski definition) is 2. The van der Waals surface area contributed by atoms with Crippen LogP contribution in [0.2, 0.25) is 10.0 Å². The van der Waals surface area contributed by atoms with Crippen molar-refractivity contribution < 1.29 is 14.3 Å². The fourth-order valence-corrected chi connectivity index (χ4v) is 2.67. The van der Waals surface area contributed by atoms with Gasteiger partial charge in [-0.1, -0.05) is 41.4 Å². The fraction of sp³-hybridized carbons (Fsp3) is 0.263. The second-order valence-corrected chi connectivity index (χ2v) is 6.89. The summed E-state index contributed by atoms with van der Waals surface area (Å²) < 4.78 is 5.53. The number of benzene rings is 2. The molecule has 2 aromatic rings. The first-order chi connectivity index (χ1) is 12.2. The first kappa shape index (κ1) is 20.2. The van der Waals surface area contributed by atoms with E-state index in [-0.39, 0.29) is 6.54 Å². The fourth-order valence-electron chi connectivity index (χ4n) is 2.30. The van der Waals surface area contributed by atoms with Gasteiger partial charge in [0, 0.05) is 22.8 Å². The van der Waals surface area contributed by atoms with Gasteiger partial charge in [-0.3, -0.25) is 9.59 Å². The second kappa shape index (κ2) is 8.54. The van der Waals surface area contributed by atoms with Gasteiger partial charge in [0.2, 0.25) is 0 Å². The monoisotopic (exact) mass is 394 g/mol. The van der Waals surface area contributed by atoms with E-state index in [0.29, 0.717) is 15.7 Å². The maximum Gasteiger partial charge on any atom is 0.313 e. The van der Waals surface area contributed by atoms with Crippen molar-refractivity contribution in [2.75, 3.05) is 19.0 Å². The average molecular weight is 395 g/mol. The molecule has 0 heterocycles. The van der Waals surface area contributed by atoms with E-state index in [2.05, 4.69) is 10.6 Å². The zero-order valence-electron chi connectivity index (χ0n) is 14.7. The van der Waals surface area contributed by atoms with Gasteiger partial charge >= 0.3 is 11.8 Å². The maximum absolute atomic E-state index is 12.1. The molecule has 0 bridgehead atoms. The number of carbonyl (C=O) groups excluding carboxylic acids is 2. The highest BCUT2D eigenvalue weighted by molar-refractivity contribution is 6.40. The minimum Gasteiger partial charge on any atom is -0.372 e. The molecule has 0 saturated carbocycles. The van der Waals surface area contributed by atoms with E-state index in [4.69, 9.17) is 27.9 Å². The highest BCUT2D eigenvalue weighted by Gasteiger charge is 2.28. The lowest BCUT2D eigenvalue weighted by Crippen LogP contribution is -2.44. The van der Waals surface area contributed by atoms with E-state index in [1.54, 1.807) is 43.3 Å². The second-order valence-electron chi connectivity index (χ2n) is 6.05. The molecular formula is C19H20Cl2N2O3. The molecule has 7 heteroatoms. The van der Waals surface area contributed by atoms with Crippen LogP contribution >= 0.6 is 23.2 Å². The third-order valence-electron chi connectivity index (χ3n) is 4.11. The molecule has 26 heavy (non-hydrogen) atoms. The topological polar surface area (TPSA) is 67.4 Å². The number of rotatable bonds is 5. The molecule has 2 N–H and O–H groups in total. The zero-order chi connectivity index (χ0) is 19.3. The van der Waals surface area contributed by atoms with Crippen LogP contribution in [0.3, 0.4) is 0 Å². The number of methoxy groups -OCH3 is 1. The Morgan fingerprint density at radius 3 is 2.46 bits per heavy atom. The Hall–Kier alpha value is -2.08. The van der Waals surface area contributed by atoms with Crippen molar-refractivity contribution in [3.05, 3.63) is 63.6 Å². The number of amides is 2. The van der Waals surface area contributed by atoms with Crippen molar-refractivity contribution in [1.29, 1.82) is 0 Å². The van der Waals surface area contributed by atoms with Crippen LogP contribution in [0.25, 0.3) is 0 Å². The molecule has 0 fully saturated rings. The molecule has 138 valence electrons. The summed E-state index contributed by atoms with van der Waals surface area (Å²) in [5.41, 5.74) is 1.30. The van der Waals surface area contributed by atoms with Crippen LogP contribution in [0.4, 0.5) is 5.69 Å². The van der Waals surface area contributed by atoms with Gasteiger partial charge in [0.1, 0.15) is 5.60 Å². The van der Waals surface area contributed by atoms with Crippen molar-refractivity contribution in [1.82, 2.24) is 5.32 Å². The van der Waals surface area contributed by atoms with Crippen molar-refractivity contribution in [3.63, 3.8) is 0 Å². The Kier molecular flexibility index (Phi) is 6.64. The van der Waals surface area contributed by atoms with Gasteiger partial charge in [-0.15, -0.1) is 0 Å². The smallest absolute Gasteiger partial charge is 0.313 e. The molecule has 2 aromatic carbocycles. The normalized spacial score (nSPS) is 13.0. The summed E-state index contributed by atoms with van der Waals surface area (Å²) in [4.78, 5) is 24.2.